The van der Waals surface area contributed by atoms with Crippen molar-refractivity contribution in [3.05, 3.63) is 191 Å². The van der Waals surface area contributed by atoms with Gasteiger partial charge in [-0.2, -0.15) is 0 Å². The molecule has 5 aromatic rings. The van der Waals surface area contributed by atoms with Crippen molar-refractivity contribution in [3.63, 3.8) is 0 Å². The minimum atomic E-state index is -0.938. The Kier molecular flexibility index (Phi) is 15.5. The van der Waals surface area contributed by atoms with Crippen LogP contribution in [0, 0.1) is 11.8 Å². The number of allylic oxidation sites excluding steroid dienone is 2. The lowest BCUT2D eigenvalue weighted by Gasteiger charge is -2.37. The number of carbonyl (C=O) groups excluding carboxylic acids is 2. The van der Waals surface area contributed by atoms with Gasteiger partial charge in [-0.15, -0.1) is 0 Å². The normalized spacial score (nSPS) is 21.4. The molecule has 4 aliphatic heterocycles. The van der Waals surface area contributed by atoms with Crippen molar-refractivity contribution in [2.75, 3.05) is 52.9 Å². The minimum absolute atomic E-state index is 0.0868. The predicted molar refractivity (Wildman–Crippen MR) is 251 cm³/mol. The molecule has 0 radical (unpaired) electrons. The molecule has 10 heteroatoms. The van der Waals surface area contributed by atoms with Gasteiger partial charge in [0.15, 0.2) is 11.2 Å². The molecule has 5 aromatic carbocycles. The van der Waals surface area contributed by atoms with Gasteiger partial charge in [-0.1, -0.05) is 147 Å². The van der Waals surface area contributed by atoms with E-state index in [-0.39, 0.29) is 38.3 Å². The van der Waals surface area contributed by atoms with Crippen LogP contribution >= 0.6 is 0 Å². The van der Waals surface area contributed by atoms with Gasteiger partial charge in [0, 0.05) is 34.1 Å². The van der Waals surface area contributed by atoms with Crippen LogP contribution in [0.4, 0.5) is 0 Å². The second-order valence-corrected chi connectivity index (χ2v) is 16.8. The maximum absolute atomic E-state index is 14.2. The van der Waals surface area contributed by atoms with Gasteiger partial charge in [0.1, 0.15) is 49.4 Å². The van der Waals surface area contributed by atoms with Crippen molar-refractivity contribution in [1.29, 1.82) is 0 Å². The fourth-order valence-electron chi connectivity index (χ4n) is 9.88. The Hall–Kier alpha value is -6.36. The lowest BCUT2D eigenvalue weighted by molar-refractivity contribution is -0.142. The van der Waals surface area contributed by atoms with Crippen LogP contribution in [0.3, 0.4) is 0 Å². The summed E-state index contributed by atoms with van der Waals surface area (Å²) < 4.78 is 49.2. The number of hydrogen-bond donors (Lipinski definition) is 0. The molecule has 0 spiro atoms. The van der Waals surface area contributed by atoms with Crippen LogP contribution < -0.4 is 9.47 Å². The first-order valence-electron chi connectivity index (χ1n) is 23.3. The molecule has 66 heavy (non-hydrogen) atoms. The Morgan fingerprint density at radius 2 is 0.682 bits per heavy atom. The van der Waals surface area contributed by atoms with E-state index in [1.807, 2.05) is 111 Å². The van der Waals surface area contributed by atoms with Gasteiger partial charge in [0.25, 0.3) is 0 Å². The van der Waals surface area contributed by atoms with Crippen LogP contribution in [0.2, 0.25) is 0 Å². The first-order valence-corrected chi connectivity index (χ1v) is 23.3. The molecule has 344 valence electrons. The van der Waals surface area contributed by atoms with Crippen LogP contribution in [-0.2, 0) is 49.2 Å². The monoisotopic (exact) mass is 892 g/mol. The van der Waals surface area contributed by atoms with Gasteiger partial charge < -0.3 is 37.9 Å². The van der Waals surface area contributed by atoms with Crippen LogP contribution in [0.15, 0.2) is 168 Å². The predicted octanol–water partition coefficient (Wildman–Crippen LogP) is 10.6. The molecule has 0 aliphatic carbocycles. The third-order valence-corrected chi connectivity index (χ3v) is 12.8. The van der Waals surface area contributed by atoms with Gasteiger partial charge in [-0.3, -0.25) is 0 Å². The highest BCUT2D eigenvalue weighted by Gasteiger charge is 2.55. The molecule has 4 aliphatic rings. The van der Waals surface area contributed by atoms with E-state index in [1.165, 1.54) is 0 Å². The van der Waals surface area contributed by atoms with Crippen molar-refractivity contribution in [3.8, 4) is 11.5 Å². The molecule has 2 unspecified atom stereocenters. The number of hydrogen-bond acceptors (Lipinski definition) is 10. The SMILES string of the molecule is CC1=C2C(=O)OCCOCCOc3ccc(cc3)OCCOCCOC(=O)C3=C(C)OC(c4ccccc4)(c4ccccc4)C3CCCCCCC2C(c2ccccc2)(c2ccccc2)O1. The molecule has 2 bridgehead atoms. The lowest BCUT2D eigenvalue weighted by Crippen LogP contribution is -2.37. The van der Waals surface area contributed by atoms with Crippen molar-refractivity contribution in [2.45, 2.75) is 63.6 Å². The molecule has 0 saturated carbocycles. The Bertz CT molecular complexity index is 2150. The van der Waals surface area contributed by atoms with E-state index >= 15 is 0 Å². The fraction of sp³-hybridized carbons (Fsp3) is 0.357. The zero-order chi connectivity index (χ0) is 45.6. The van der Waals surface area contributed by atoms with E-state index in [9.17, 15) is 9.59 Å². The highest BCUT2D eigenvalue weighted by molar-refractivity contribution is 5.91. The molecule has 0 amide bonds. The van der Waals surface area contributed by atoms with Crippen molar-refractivity contribution < 1.29 is 47.5 Å². The van der Waals surface area contributed by atoms with Gasteiger partial charge in [-0.05, 0) is 51.0 Å². The van der Waals surface area contributed by atoms with Gasteiger partial charge in [-0.25, -0.2) is 9.59 Å². The number of rotatable bonds is 4. The average molecular weight is 893 g/mol. The second kappa shape index (κ2) is 22.2. The summed E-state index contributed by atoms with van der Waals surface area (Å²) in [5.74, 6) is 1.00. The summed E-state index contributed by atoms with van der Waals surface area (Å²) in [6.45, 7) is 5.67. The summed E-state index contributed by atoms with van der Waals surface area (Å²) in [6.07, 6.45) is 4.77. The summed E-state index contributed by atoms with van der Waals surface area (Å²) in [4.78, 5) is 28.4. The van der Waals surface area contributed by atoms with Crippen LogP contribution in [-0.4, -0.2) is 64.8 Å². The van der Waals surface area contributed by atoms with E-state index in [2.05, 4.69) is 48.5 Å². The van der Waals surface area contributed by atoms with E-state index in [0.29, 0.717) is 73.4 Å². The smallest absolute Gasteiger partial charge is 0.337 e. The topological polar surface area (TPSA) is 108 Å². The number of carbonyl (C=O) groups is 2. The summed E-state index contributed by atoms with van der Waals surface area (Å²) in [6, 6.07) is 48.0. The second-order valence-electron chi connectivity index (χ2n) is 16.8. The first-order chi connectivity index (χ1) is 32.4. The average Bonchev–Trinajstić information content (AvgIpc) is 3.83. The molecule has 4 heterocycles. The highest BCUT2D eigenvalue weighted by Crippen LogP contribution is 2.55. The number of ether oxygens (including phenoxy) is 8. The van der Waals surface area contributed by atoms with Crippen LogP contribution in [0.1, 0.15) is 74.6 Å². The summed E-state index contributed by atoms with van der Waals surface area (Å²) in [7, 11) is 0. The van der Waals surface area contributed by atoms with Crippen molar-refractivity contribution >= 4 is 11.9 Å². The third kappa shape index (κ3) is 10.2. The Balaban J connectivity index is 1.06. The molecule has 2 atom stereocenters. The third-order valence-electron chi connectivity index (χ3n) is 12.8. The lowest BCUT2D eigenvalue weighted by atomic mass is 9.71. The Labute approximate surface area is 388 Å². The quantitative estimate of drug-likeness (QED) is 0.128. The van der Waals surface area contributed by atoms with E-state index in [4.69, 9.17) is 37.9 Å². The van der Waals surface area contributed by atoms with Crippen molar-refractivity contribution in [1.82, 2.24) is 0 Å². The zero-order valence-electron chi connectivity index (χ0n) is 38.0. The molecular weight excluding hydrogens is 833 g/mol. The molecule has 0 saturated heterocycles. The summed E-state index contributed by atoms with van der Waals surface area (Å²) in [5.41, 5.74) is 3.10. The number of esters is 2. The maximum Gasteiger partial charge on any atom is 0.337 e. The van der Waals surface area contributed by atoms with E-state index in [0.717, 1.165) is 47.9 Å². The van der Waals surface area contributed by atoms with Crippen LogP contribution in [0.5, 0.6) is 11.5 Å². The summed E-state index contributed by atoms with van der Waals surface area (Å²) in [5, 5.41) is 0. The van der Waals surface area contributed by atoms with E-state index < -0.39 is 23.1 Å². The molecule has 9 rings (SSSR count). The Morgan fingerprint density at radius 3 is 1.00 bits per heavy atom. The minimum Gasteiger partial charge on any atom is -0.491 e. The molecule has 10 nitrogen and oxygen atoms in total. The molecule has 0 N–H and O–H groups in total. The molecule has 0 aromatic heterocycles. The largest absolute Gasteiger partial charge is 0.491 e. The number of fused-ring (bicyclic) bond motifs is 21. The number of benzene rings is 5. The summed E-state index contributed by atoms with van der Waals surface area (Å²) >= 11 is 0. The Morgan fingerprint density at radius 1 is 0.379 bits per heavy atom. The van der Waals surface area contributed by atoms with E-state index in [1.54, 1.807) is 0 Å². The first kappa shape index (κ1) is 46.2. The standard InChI is InChI=1S/C56H60O10/c1-41-51-49(55(65-41,43-19-9-5-10-20-43)44-21-11-6-12-22-44)27-17-3-4-18-28-50-52(42(2)66-56(50,45-23-13-7-14-24-45)46-25-15-8-16-26-46)54(58)64-40-36-60-34-38-62-48-31-29-47(30-32-48)61-37-33-59-35-39-63-53(51)57/h5-16,19-26,29-32,49-50H,3-4,17-18,27-28,33-40H2,1-2H3. The highest BCUT2D eigenvalue weighted by atomic mass is 16.6. The van der Waals surface area contributed by atoms with Gasteiger partial charge in [0.2, 0.25) is 0 Å². The zero-order valence-corrected chi connectivity index (χ0v) is 38.0. The molecular formula is C56H60O10. The van der Waals surface area contributed by atoms with Crippen molar-refractivity contribution in [2.24, 2.45) is 11.8 Å². The maximum atomic E-state index is 14.2. The van der Waals surface area contributed by atoms with Gasteiger partial charge in [0.05, 0.1) is 37.6 Å². The van der Waals surface area contributed by atoms with Gasteiger partial charge >= 0.3 is 11.9 Å². The fourth-order valence-corrected chi connectivity index (χ4v) is 9.88. The molecule has 0 fully saturated rings. The van der Waals surface area contributed by atoms with Crippen LogP contribution in [0.25, 0.3) is 0 Å².